The van der Waals surface area contributed by atoms with E-state index in [2.05, 4.69) is 34.1 Å². The number of fused-ring (bicyclic) bond motifs is 2. The van der Waals surface area contributed by atoms with Crippen LogP contribution in [0.3, 0.4) is 0 Å². The van der Waals surface area contributed by atoms with Crippen LogP contribution in [0.25, 0.3) is 22.7 Å². The molecule has 0 saturated carbocycles. The van der Waals surface area contributed by atoms with Gasteiger partial charge in [-0.2, -0.15) is 0 Å². The van der Waals surface area contributed by atoms with Crippen molar-refractivity contribution < 1.29 is 9.52 Å². The summed E-state index contributed by atoms with van der Waals surface area (Å²) in [4.78, 5) is 24.3. The molecule has 6 rings (SSSR count). The monoisotopic (exact) mass is 436 g/mol. The number of aromatic hydroxyl groups is 1. The first-order valence-electron chi connectivity index (χ1n) is 10.7. The van der Waals surface area contributed by atoms with Gasteiger partial charge in [-0.15, -0.1) is 0 Å². The Morgan fingerprint density at radius 1 is 0.939 bits per heavy atom. The van der Waals surface area contributed by atoms with Crippen molar-refractivity contribution in [3.63, 3.8) is 0 Å². The smallest absolute Gasteiger partial charge is 0.297 e. The molecule has 0 fully saturated rings. The molecule has 0 unspecified atom stereocenters. The molecule has 33 heavy (non-hydrogen) atoms. The van der Waals surface area contributed by atoms with Gasteiger partial charge in [0.2, 0.25) is 11.7 Å². The Morgan fingerprint density at radius 2 is 1.67 bits per heavy atom. The normalized spacial score (nSPS) is 15.2. The fourth-order valence-corrected chi connectivity index (χ4v) is 4.53. The van der Waals surface area contributed by atoms with E-state index in [1.54, 1.807) is 13.1 Å². The Bertz CT molecular complexity index is 1520. The minimum Gasteiger partial charge on any atom is -0.501 e. The van der Waals surface area contributed by atoms with E-state index in [0.29, 0.717) is 23.6 Å². The van der Waals surface area contributed by atoms with Gasteiger partial charge in [-0.05, 0) is 28.8 Å². The molecule has 7 nitrogen and oxygen atoms in total. The molecule has 0 radical (unpaired) electrons. The molecule has 3 heterocycles. The zero-order valence-electron chi connectivity index (χ0n) is 17.8. The van der Waals surface area contributed by atoms with E-state index in [-0.39, 0.29) is 17.6 Å². The molecule has 2 aromatic heterocycles. The predicted molar refractivity (Wildman–Crippen MR) is 125 cm³/mol. The maximum absolute atomic E-state index is 13.0. The number of anilines is 1. The fraction of sp³-hybridized carbons (Fsp3) is 0.115. The third-order valence-corrected chi connectivity index (χ3v) is 6.11. The van der Waals surface area contributed by atoms with Crippen LogP contribution in [0.1, 0.15) is 22.7 Å². The van der Waals surface area contributed by atoms with E-state index in [1.807, 2.05) is 48.5 Å². The van der Waals surface area contributed by atoms with Gasteiger partial charge in [0.15, 0.2) is 11.3 Å². The minimum absolute atomic E-state index is 0.0343. The first kappa shape index (κ1) is 19.3. The number of benzene rings is 3. The number of para-hydroxylation sites is 2. The number of nitrogens with zero attached hydrogens (tertiary/aromatic N) is 4. The third kappa shape index (κ3) is 3.01. The van der Waals surface area contributed by atoms with Crippen LogP contribution >= 0.6 is 0 Å². The highest BCUT2D eigenvalue weighted by molar-refractivity contribution is 5.76. The van der Waals surface area contributed by atoms with Gasteiger partial charge in [0, 0.05) is 13.6 Å². The summed E-state index contributed by atoms with van der Waals surface area (Å²) < 4.78 is 7.20. The molecular weight excluding hydrogens is 416 g/mol. The third-order valence-electron chi connectivity index (χ3n) is 6.11. The second kappa shape index (κ2) is 7.34. The van der Waals surface area contributed by atoms with Gasteiger partial charge < -0.3 is 14.4 Å². The highest BCUT2D eigenvalue weighted by Crippen LogP contribution is 2.41. The molecule has 0 amide bonds. The topological polar surface area (TPSA) is 84.4 Å². The summed E-state index contributed by atoms with van der Waals surface area (Å²) in [5.41, 5.74) is 4.09. The van der Waals surface area contributed by atoms with Crippen molar-refractivity contribution in [2.45, 2.75) is 12.6 Å². The molecule has 3 aromatic carbocycles. The van der Waals surface area contributed by atoms with Gasteiger partial charge in [0.25, 0.3) is 11.4 Å². The summed E-state index contributed by atoms with van der Waals surface area (Å²) in [5.74, 6) is 0.0570. The van der Waals surface area contributed by atoms with Gasteiger partial charge in [-0.25, -0.2) is 9.97 Å². The molecule has 1 aliphatic rings. The van der Waals surface area contributed by atoms with Crippen molar-refractivity contribution in [1.82, 2.24) is 14.5 Å². The number of hydrogen-bond acceptors (Lipinski definition) is 6. The lowest BCUT2D eigenvalue weighted by molar-refractivity contribution is 0.455. The Labute approximate surface area is 189 Å². The van der Waals surface area contributed by atoms with Gasteiger partial charge >= 0.3 is 0 Å². The molecule has 1 N–H and O–H groups in total. The number of rotatable bonds is 3. The summed E-state index contributed by atoms with van der Waals surface area (Å²) in [6.45, 7) is 0.577. The second-order valence-electron chi connectivity index (χ2n) is 8.10. The van der Waals surface area contributed by atoms with Gasteiger partial charge in [0.1, 0.15) is 5.52 Å². The van der Waals surface area contributed by atoms with Crippen LogP contribution in [0.5, 0.6) is 5.75 Å². The van der Waals surface area contributed by atoms with E-state index in [1.165, 1.54) is 4.57 Å². The largest absolute Gasteiger partial charge is 0.501 e. The lowest BCUT2D eigenvalue weighted by Gasteiger charge is -2.28. The molecule has 0 bridgehead atoms. The molecule has 1 atom stereocenters. The van der Waals surface area contributed by atoms with Crippen LogP contribution in [0.4, 0.5) is 5.95 Å². The van der Waals surface area contributed by atoms with Crippen molar-refractivity contribution >= 4 is 17.0 Å². The first-order valence-corrected chi connectivity index (χ1v) is 10.7. The zero-order chi connectivity index (χ0) is 22.5. The van der Waals surface area contributed by atoms with Crippen molar-refractivity contribution in [3.8, 4) is 17.3 Å². The SMILES string of the molecule is Cn1c(N2Cc3ccccc3[C@H]2c2ccccc2)nc(-c2nc3ccccc3o2)c(O)c1=O. The van der Waals surface area contributed by atoms with E-state index >= 15 is 0 Å². The Balaban J connectivity index is 1.55. The average molecular weight is 436 g/mol. The predicted octanol–water partition coefficient (Wildman–Crippen LogP) is 4.40. The van der Waals surface area contributed by atoms with E-state index in [0.717, 1.165) is 16.7 Å². The summed E-state index contributed by atoms with van der Waals surface area (Å²) >= 11 is 0. The number of hydrogen-bond donors (Lipinski definition) is 1. The Morgan fingerprint density at radius 3 is 2.48 bits per heavy atom. The lowest BCUT2D eigenvalue weighted by atomic mass is 9.98. The van der Waals surface area contributed by atoms with Crippen molar-refractivity contribution in [3.05, 3.63) is 106 Å². The van der Waals surface area contributed by atoms with Gasteiger partial charge in [-0.1, -0.05) is 66.7 Å². The van der Waals surface area contributed by atoms with E-state index in [9.17, 15) is 9.90 Å². The minimum atomic E-state index is -0.556. The summed E-state index contributed by atoms with van der Waals surface area (Å²) in [7, 11) is 1.62. The van der Waals surface area contributed by atoms with Crippen LogP contribution in [-0.4, -0.2) is 19.6 Å². The summed E-state index contributed by atoms with van der Waals surface area (Å²) in [6.07, 6.45) is 0. The molecule has 0 aliphatic carbocycles. The standard InChI is InChI=1S/C26H20N4O3/c1-29-25(32)23(31)21(24-27-19-13-7-8-14-20(19)33-24)28-26(29)30-15-17-11-5-6-12-18(17)22(30)16-9-3-2-4-10-16/h2-14,22,31H,15H2,1H3/t22-/m1/s1. The maximum Gasteiger partial charge on any atom is 0.297 e. The molecule has 7 heteroatoms. The highest BCUT2D eigenvalue weighted by atomic mass is 16.4. The van der Waals surface area contributed by atoms with Crippen molar-refractivity contribution in [2.75, 3.05) is 4.90 Å². The molecule has 162 valence electrons. The maximum atomic E-state index is 13.0. The Hall–Kier alpha value is -4.39. The molecule has 0 saturated heterocycles. The van der Waals surface area contributed by atoms with Crippen LogP contribution in [0.15, 0.2) is 88.1 Å². The first-order chi connectivity index (χ1) is 16.1. The van der Waals surface area contributed by atoms with Crippen molar-refractivity contribution in [1.29, 1.82) is 0 Å². The number of aromatic nitrogens is 3. The van der Waals surface area contributed by atoms with E-state index in [4.69, 9.17) is 9.40 Å². The van der Waals surface area contributed by atoms with Gasteiger partial charge in [0.05, 0.1) is 6.04 Å². The van der Waals surface area contributed by atoms with E-state index < -0.39 is 11.3 Å². The lowest BCUT2D eigenvalue weighted by Crippen LogP contribution is -2.31. The quantitative estimate of drug-likeness (QED) is 0.451. The van der Waals surface area contributed by atoms with Crippen LogP contribution in [0, 0.1) is 0 Å². The molecule has 5 aromatic rings. The summed E-state index contributed by atoms with van der Waals surface area (Å²) in [5, 5.41) is 10.7. The average Bonchev–Trinajstić information content (AvgIpc) is 3.45. The summed E-state index contributed by atoms with van der Waals surface area (Å²) in [6, 6.07) is 25.5. The number of oxazole rings is 1. The Kier molecular flexibility index (Phi) is 4.29. The fourth-order valence-electron chi connectivity index (χ4n) is 4.53. The van der Waals surface area contributed by atoms with Crippen LogP contribution in [0.2, 0.25) is 0 Å². The highest BCUT2D eigenvalue weighted by Gasteiger charge is 2.34. The second-order valence-corrected chi connectivity index (χ2v) is 8.10. The zero-order valence-corrected chi connectivity index (χ0v) is 17.8. The molecular formula is C26H20N4O3. The van der Waals surface area contributed by atoms with Crippen molar-refractivity contribution in [2.24, 2.45) is 7.05 Å². The molecule has 1 aliphatic heterocycles. The van der Waals surface area contributed by atoms with Crippen LogP contribution < -0.4 is 10.5 Å². The molecule has 0 spiro atoms. The van der Waals surface area contributed by atoms with Gasteiger partial charge in [-0.3, -0.25) is 9.36 Å². The van der Waals surface area contributed by atoms with Crippen LogP contribution in [-0.2, 0) is 13.6 Å².